The van der Waals surface area contributed by atoms with Gasteiger partial charge in [-0.2, -0.15) is 11.1 Å². The van der Waals surface area contributed by atoms with E-state index in [1.54, 1.807) is 0 Å². The average Bonchev–Trinajstić information content (AvgIpc) is 2.55. The molecule has 0 saturated heterocycles. The van der Waals surface area contributed by atoms with Crippen LogP contribution in [0.2, 0.25) is 19.1 Å². The summed E-state index contributed by atoms with van der Waals surface area (Å²) in [6.07, 6.45) is 21.0. The molecule has 0 aromatic carbocycles. The molecule has 0 unspecified atom stereocenters. The third-order valence-electron chi connectivity index (χ3n) is 4.91. The van der Waals surface area contributed by atoms with Gasteiger partial charge in [-0.1, -0.05) is 115 Å². The topological polar surface area (TPSA) is 9.23 Å². The van der Waals surface area contributed by atoms with Crippen molar-refractivity contribution in [2.45, 2.75) is 122 Å². The van der Waals surface area contributed by atoms with Gasteiger partial charge in [-0.25, -0.2) is 0 Å². The van der Waals surface area contributed by atoms with Crippen molar-refractivity contribution in [3.8, 4) is 0 Å². The Balaban J connectivity index is 3.04. The van der Waals surface area contributed by atoms with Gasteiger partial charge in [-0.3, -0.25) is 0 Å². The van der Waals surface area contributed by atoms with E-state index in [-0.39, 0.29) is 0 Å². The highest BCUT2D eigenvalue weighted by atomic mass is 35.6. The van der Waals surface area contributed by atoms with Crippen LogP contribution in [-0.4, -0.2) is 20.6 Å². The molecular weight excluding hydrogens is 356 g/mol. The van der Waals surface area contributed by atoms with E-state index in [0.29, 0.717) is 0 Å². The maximum Gasteiger partial charge on any atom is 0.150 e. The van der Waals surface area contributed by atoms with E-state index >= 15 is 0 Å². The summed E-state index contributed by atoms with van der Waals surface area (Å²) in [5.74, 6) is 0. The number of hydrogen-bond acceptors (Lipinski definition) is 1. The first kappa shape index (κ1) is 26.2. The van der Waals surface area contributed by atoms with Crippen molar-refractivity contribution in [1.82, 2.24) is 0 Å². The predicted molar refractivity (Wildman–Crippen MR) is 123 cm³/mol. The zero-order valence-electron chi connectivity index (χ0n) is 18.2. The third kappa shape index (κ3) is 24.2. The van der Waals surface area contributed by atoms with Gasteiger partial charge < -0.3 is 4.74 Å². The molecule has 0 aromatic rings. The van der Waals surface area contributed by atoms with Crippen LogP contribution in [0.5, 0.6) is 0 Å². The van der Waals surface area contributed by atoms with Crippen molar-refractivity contribution < 1.29 is 4.74 Å². The molecule has 1 nitrogen and oxygen atoms in total. The van der Waals surface area contributed by atoms with E-state index in [1.807, 2.05) is 6.92 Å². The monoisotopic (exact) mass is 402 g/mol. The fourth-order valence-electron chi connectivity index (χ4n) is 3.29. The molecule has 0 fully saturated rings. The molecular formula is C23H47ClOSi. The summed E-state index contributed by atoms with van der Waals surface area (Å²) in [7, 11) is -1.31. The largest absolute Gasteiger partial charge is 0.377 e. The summed E-state index contributed by atoms with van der Waals surface area (Å²) in [6.45, 7) is 12.0. The van der Waals surface area contributed by atoms with E-state index < -0.39 is 7.38 Å². The average molecular weight is 403 g/mol. The highest BCUT2D eigenvalue weighted by Gasteiger charge is 2.15. The van der Waals surface area contributed by atoms with Gasteiger partial charge in [0.15, 0.2) is 0 Å². The first-order chi connectivity index (χ1) is 12.4. The van der Waals surface area contributed by atoms with Crippen molar-refractivity contribution in [1.29, 1.82) is 0 Å². The van der Waals surface area contributed by atoms with Crippen LogP contribution in [0.4, 0.5) is 0 Å². The van der Waals surface area contributed by atoms with Crippen molar-refractivity contribution in [2.75, 3.05) is 13.2 Å². The van der Waals surface area contributed by atoms with E-state index in [4.69, 9.17) is 15.8 Å². The van der Waals surface area contributed by atoms with Crippen molar-refractivity contribution in [3.05, 3.63) is 12.2 Å². The van der Waals surface area contributed by atoms with Gasteiger partial charge >= 0.3 is 0 Å². The Morgan fingerprint density at radius 1 is 0.692 bits per heavy atom. The molecule has 0 heterocycles. The number of hydrogen-bond donors (Lipinski definition) is 0. The van der Waals surface area contributed by atoms with Crippen LogP contribution in [-0.2, 0) is 4.74 Å². The number of halogens is 1. The summed E-state index contributed by atoms with van der Waals surface area (Å²) < 4.78 is 5.52. The second kappa shape index (κ2) is 18.6. The Kier molecular flexibility index (Phi) is 18.7. The molecule has 26 heavy (non-hydrogen) atoms. The quantitative estimate of drug-likeness (QED) is 0.0854. The highest BCUT2D eigenvalue weighted by molar-refractivity contribution is 7.19. The van der Waals surface area contributed by atoms with Crippen molar-refractivity contribution in [3.63, 3.8) is 0 Å². The Hall–Kier alpha value is 0.207. The lowest BCUT2D eigenvalue weighted by Crippen LogP contribution is -2.14. The maximum atomic E-state index is 6.35. The molecule has 0 saturated carbocycles. The number of unbranched alkanes of at least 4 members (excludes halogenated alkanes) is 14. The standard InChI is InChI=1S/C23H47ClOSi/c1-23(2)22-25-20-18-16-14-12-10-8-6-5-7-9-11-13-15-17-19-21-26(3,4)24/h1,5-22H2,2-4H3. The molecule has 0 spiro atoms. The maximum absolute atomic E-state index is 6.35. The van der Waals surface area contributed by atoms with Gasteiger partial charge in [0.05, 0.1) is 6.61 Å². The summed E-state index contributed by atoms with van der Waals surface area (Å²) in [4.78, 5) is 0. The normalized spacial score (nSPS) is 11.8. The van der Waals surface area contributed by atoms with Crippen LogP contribution < -0.4 is 0 Å². The van der Waals surface area contributed by atoms with E-state index in [0.717, 1.165) is 18.8 Å². The van der Waals surface area contributed by atoms with Gasteiger partial charge in [0.1, 0.15) is 7.38 Å². The Bertz CT molecular complexity index is 312. The van der Waals surface area contributed by atoms with E-state index in [1.165, 1.54) is 102 Å². The number of rotatable bonds is 20. The lowest BCUT2D eigenvalue weighted by Gasteiger charge is -2.11. The lowest BCUT2D eigenvalue weighted by atomic mass is 10.0. The first-order valence-electron chi connectivity index (χ1n) is 11.3. The summed E-state index contributed by atoms with van der Waals surface area (Å²) >= 11 is 6.35. The van der Waals surface area contributed by atoms with Crippen LogP contribution in [0.3, 0.4) is 0 Å². The Morgan fingerprint density at radius 2 is 1.04 bits per heavy atom. The molecule has 0 radical (unpaired) electrons. The van der Waals surface area contributed by atoms with E-state index in [2.05, 4.69) is 19.7 Å². The van der Waals surface area contributed by atoms with Gasteiger partial charge in [0, 0.05) is 6.61 Å². The lowest BCUT2D eigenvalue weighted by molar-refractivity contribution is 0.151. The Morgan fingerprint density at radius 3 is 1.38 bits per heavy atom. The minimum absolute atomic E-state index is 0.730. The van der Waals surface area contributed by atoms with Crippen molar-refractivity contribution in [2.24, 2.45) is 0 Å². The van der Waals surface area contributed by atoms with Crippen LogP contribution in [0.25, 0.3) is 0 Å². The molecule has 0 atom stereocenters. The minimum atomic E-state index is -1.31. The van der Waals surface area contributed by atoms with Gasteiger partial charge in [0.2, 0.25) is 0 Å². The van der Waals surface area contributed by atoms with Crippen LogP contribution in [0, 0.1) is 0 Å². The summed E-state index contributed by atoms with van der Waals surface area (Å²) in [6, 6.07) is 1.29. The number of ether oxygens (including phenoxy) is 1. The van der Waals surface area contributed by atoms with Gasteiger partial charge in [0.25, 0.3) is 0 Å². The third-order valence-corrected chi connectivity index (χ3v) is 7.02. The van der Waals surface area contributed by atoms with Crippen LogP contribution in [0.15, 0.2) is 12.2 Å². The fourth-order valence-corrected chi connectivity index (χ4v) is 4.79. The first-order valence-corrected chi connectivity index (χ1v) is 15.5. The molecule has 3 heteroatoms. The molecule has 0 aliphatic heterocycles. The second-order valence-corrected chi connectivity index (χ2v) is 15.8. The SMILES string of the molecule is C=C(C)COCCCCCCCCCCCCCCCCC[Si](C)(C)Cl. The molecule has 0 rings (SSSR count). The Labute approximate surface area is 171 Å². The molecule has 156 valence electrons. The van der Waals surface area contributed by atoms with Crippen molar-refractivity contribution >= 4 is 18.5 Å². The zero-order valence-corrected chi connectivity index (χ0v) is 20.0. The molecule has 0 aliphatic carbocycles. The molecule has 0 aliphatic rings. The fraction of sp³-hybridized carbons (Fsp3) is 0.913. The molecule has 0 amide bonds. The van der Waals surface area contributed by atoms with Crippen LogP contribution >= 0.6 is 11.1 Å². The predicted octanol–water partition coefficient (Wildman–Crippen LogP) is 8.87. The summed E-state index contributed by atoms with van der Waals surface area (Å²) in [5, 5.41) is 0. The van der Waals surface area contributed by atoms with Gasteiger partial charge in [-0.05, 0) is 19.4 Å². The molecule has 0 N–H and O–H groups in total. The highest BCUT2D eigenvalue weighted by Crippen LogP contribution is 2.19. The zero-order chi connectivity index (χ0) is 19.5. The second-order valence-electron chi connectivity index (χ2n) is 8.78. The summed E-state index contributed by atoms with van der Waals surface area (Å²) in [5.41, 5.74) is 1.12. The smallest absolute Gasteiger partial charge is 0.150 e. The van der Waals surface area contributed by atoms with Gasteiger partial charge in [-0.15, -0.1) is 0 Å². The molecule has 0 aromatic heterocycles. The molecule has 0 bridgehead atoms. The minimum Gasteiger partial charge on any atom is -0.377 e. The van der Waals surface area contributed by atoms with E-state index in [9.17, 15) is 0 Å². The van der Waals surface area contributed by atoms with Crippen LogP contribution in [0.1, 0.15) is 103 Å².